The van der Waals surface area contributed by atoms with Gasteiger partial charge in [-0.25, -0.2) is 9.18 Å². The van der Waals surface area contributed by atoms with E-state index >= 15 is 0 Å². The fourth-order valence-electron chi connectivity index (χ4n) is 2.78. The maximum absolute atomic E-state index is 14.5. The lowest BCUT2D eigenvalue weighted by molar-refractivity contribution is -0.124. The normalized spacial score (nSPS) is 29.0. The number of rotatable bonds is 5. The van der Waals surface area contributed by atoms with Crippen LogP contribution in [0, 0.1) is 0 Å². The molecule has 134 valence electrons. The molecule has 0 aliphatic carbocycles. The van der Waals surface area contributed by atoms with Crippen LogP contribution in [0.1, 0.15) is 11.9 Å². The fourth-order valence-corrected chi connectivity index (χ4v) is 2.78. The lowest BCUT2D eigenvalue weighted by Gasteiger charge is -2.23. The molecule has 1 aliphatic rings. The molecule has 4 N–H and O–H groups in total. The molecule has 25 heavy (non-hydrogen) atoms. The van der Waals surface area contributed by atoms with E-state index in [4.69, 9.17) is 15.4 Å². The zero-order chi connectivity index (χ0) is 18.2. The maximum Gasteiger partial charge on any atom is 0.351 e. The fraction of sp³-hybridized carbons (Fsp3) is 0.538. The van der Waals surface area contributed by atoms with Gasteiger partial charge in [-0.2, -0.15) is 4.98 Å². The largest absolute Gasteiger partial charge is 0.396 e. The average Bonchev–Trinajstić information content (AvgIpc) is 3.08. The molecule has 0 aromatic carbocycles. The van der Waals surface area contributed by atoms with Gasteiger partial charge < -0.3 is 25.0 Å². The number of aromatic amines is 1. The van der Waals surface area contributed by atoms with Gasteiger partial charge in [0.25, 0.3) is 0 Å². The zero-order valence-corrected chi connectivity index (χ0v) is 12.8. The van der Waals surface area contributed by atoms with E-state index in [0.29, 0.717) is 17.5 Å². The van der Waals surface area contributed by atoms with Crippen molar-refractivity contribution in [2.75, 3.05) is 13.2 Å². The summed E-state index contributed by atoms with van der Waals surface area (Å²) in [5.74, 6) is 0. The summed E-state index contributed by atoms with van der Waals surface area (Å²) in [5.41, 5.74) is 6.35. The van der Waals surface area contributed by atoms with Crippen molar-refractivity contribution >= 4 is 11.0 Å². The van der Waals surface area contributed by atoms with Crippen molar-refractivity contribution in [2.45, 2.75) is 30.6 Å². The van der Waals surface area contributed by atoms with Gasteiger partial charge in [-0.1, -0.05) is 5.11 Å². The molecular formula is C13H15FN6O5. The summed E-state index contributed by atoms with van der Waals surface area (Å²) in [7, 11) is 0. The number of halogens is 1. The highest BCUT2D eigenvalue weighted by molar-refractivity contribution is 5.75. The van der Waals surface area contributed by atoms with Crippen molar-refractivity contribution in [1.82, 2.24) is 14.5 Å². The van der Waals surface area contributed by atoms with Gasteiger partial charge in [0.1, 0.15) is 11.8 Å². The number of aliphatic hydroxyl groups is 3. The van der Waals surface area contributed by atoms with E-state index in [2.05, 4.69) is 20.0 Å². The predicted molar refractivity (Wildman–Crippen MR) is 81.1 cm³/mol. The smallest absolute Gasteiger partial charge is 0.351 e. The Morgan fingerprint density at radius 3 is 2.96 bits per heavy atom. The highest BCUT2D eigenvalue weighted by atomic mass is 19.1. The molecule has 2 aromatic heterocycles. The quantitative estimate of drug-likeness (QED) is 0.320. The number of aromatic nitrogens is 3. The molecule has 0 radical (unpaired) electrons. The Kier molecular flexibility index (Phi) is 4.45. The third-order valence-corrected chi connectivity index (χ3v) is 4.05. The first-order chi connectivity index (χ1) is 12.0. The van der Waals surface area contributed by atoms with Crippen LogP contribution in [0.15, 0.2) is 22.2 Å². The van der Waals surface area contributed by atoms with E-state index in [-0.39, 0.29) is 12.3 Å². The minimum Gasteiger partial charge on any atom is -0.396 e. The van der Waals surface area contributed by atoms with Crippen molar-refractivity contribution < 1.29 is 24.4 Å². The molecule has 1 aliphatic heterocycles. The Morgan fingerprint density at radius 2 is 2.32 bits per heavy atom. The van der Waals surface area contributed by atoms with Crippen molar-refractivity contribution in [3.05, 3.63) is 38.9 Å². The summed E-state index contributed by atoms with van der Waals surface area (Å²) in [6.45, 7) is -1.07. The molecule has 3 heterocycles. The molecular weight excluding hydrogens is 339 g/mol. The van der Waals surface area contributed by atoms with E-state index in [1.165, 1.54) is 6.20 Å². The summed E-state index contributed by atoms with van der Waals surface area (Å²) in [6, 6.07) is 1.62. The van der Waals surface area contributed by atoms with E-state index in [1.807, 2.05) is 0 Å². The number of nitrogens with one attached hydrogen (secondary N) is 1. The van der Waals surface area contributed by atoms with Crippen LogP contribution in [0.3, 0.4) is 0 Å². The third-order valence-electron chi connectivity index (χ3n) is 4.05. The summed E-state index contributed by atoms with van der Waals surface area (Å²) in [5, 5.41) is 31.9. The van der Waals surface area contributed by atoms with Crippen LogP contribution in [0.5, 0.6) is 0 Å². The number of hydrogen-bond acceptors (Lipinski definition) is 7. The van der Waals surface area contributed by atoms with Crippen molar-refractivity contribution in [3.63, 3.8) is 0 Å². The molecule has 0 spiro atoms. The minimum atomic E-state index is -2.23. The number of azide groups is 1. The second-order valence-corrected chi connectivity index (χ2v) is 5.59. The van der Waals surface area contributed by atoms with E-state index in [1.54, 1.807) is 6.07 Å². The summed E-state index contributed by atoms with van der Waals surface area (Å²) < 4.78 is 20.5. The van der Waals surface area contributed by atoms with E-state index in [9.17, 15) is 19.4 Å². The van der Waals surface area contributed by atoms with Crippen molar-refractivity contribution in [2.24, 2.45) is 5.11 Å². The van der Waals surface area contributed by atoms with Gasteiger partial charge in [-0.15, -0.1) is 0 Å². The van der Waals surface area contributed by atoms with Crippen molar-refractivity contribution in [3.8, 4) is 0 Å². The summed E-state index contributed by atoms with van der Waals surface area (Å²) in [6.07, 6.45) is -4.13. The number of hydrogen-bond donors (Lipinski definition) is 4. The number of H-pyrrole nitrogens is 1. The lowest BCUT2D eigenvalue weighted by Crippen LogP contribution is -2.43. The minimum absolute atomic E-state index is 0.104. The second-order valence-electron chi connectivity index (χ2n) is 5.59. The van der Waals surface area contributed by atoms with Gasteiger partial charge >= 0.3 is 5.69 Å². The Labute approximate surface area is 138 Å². The lowest BCUT2D eigenvalue weighted by atomic mass is 10.1. The van der Waals surface area contributed by atoms with Crippen LogP contribution in [-0.2, 0) is 11.2 Å². The average molecular weight is 354 g/mol. The van der Waals surface area contributed by atoms with Crippen LogP contribution in [0.2, 0.25) is 0 Å². The number of ether oxygens (including phenoxy) is 1. The molecule has 2 aromatic rings. The molecule has 0 bridgehead atoms. The first-order valence-corrected chi connectivity index (χ1v) is 7.34. The summed E-state index contributed by atoms with van der Waals surface area (Å²) >= 11 is 0. The molecule has 12 heteroatoms. The standard InChI is InChI=1S/C13H15FN6O5/c14-8-9(23)13(5-22,18-19-15)25-11(8)20-4-6-3-7(1-2-21)16-10(6)17-12(20)24/h3-4,8-9,11,21-23H,1-2,5H2,(H,16,17,24)/t8-,9-,11+,13+/m0/s1. The Balaban J connectivity index is 2.05. The first-order valence-electron chi connectivity index (χ1n) is 7.34. The highest BCUT2D eigenvalue weighted by Crippen LogP contribution is 2.39. The van der Waals surface area contributed by atoms with Crippen LogP contribution in [0.4, 0.5) is 4.39 Å². The third kappa shape index (κ3) is 2.75. The predicted octanol–water partition coefficient (Wildman–Crippen LogP) is -0.514. The van der Waals surface area contributed by atoms with Crippen LogP contribution in [-0.4, -0.2) is 61.1 Å². The van der Waals surface area contributed by atoms with Gasteiger partial charge in [-0.05, 0) is 11.6 Å². The van der Waals surface area contributed by atoms with Gasteiger partial charge in [0, 0.05) is 35.2 Å². The Bertz CT molecular complexity index is 893. The highest BCUT2D eigenvalue weighted by Gasteiger charge is 2.56. The molecule has 11 nitrogen and oxygen atoms in total. The monoisotopic (exact) mass is 354 g/mol. The molecule has 4 atom stereocenters. The number of alkyl halides is 1. The molecule has 1 saturated heterocycles. The SMILES string of the molecule is [N-]=[N+]=N[C@]1(CO)O[C@@H](n2cc3cc(CCO)[nH]c3nc2=O)[C@@H](F)[C@@H]1O. The molecule has 0 saturated carbocycles. The number of fused-ring (bicyclic) bond motifs is 1. The van der Waals surface area contributed by atoms with Gasteiger partial charge in [0.2, 0.25) is 5.72 Å². The van der Waals surface area contributed by atoms with E-state index in [0.717, 1.165) is 4.57 Å². The molecule has 0 amide bonds. The zero-order valence-electron chi connectivity index (χ0n) is 12.8. The van der Waals surface area contributed by atoms with Crippen LogP contribution in [0.25, 0.3) is 21.5 Å². The molecule has 1 fully saturated rings. The van der Waals surface area contributed by atoms with Crippen LogP contribution >= 0.6 is 0 Å². The van der Waals surface area contributed by atoms with E-state index < -0.39 is 36.5 Å². The summed E-state index contributed by atoms with van der Waals surface area (Å²) in [4.78, 5) is 21.3. The topological polar surface area (TPSA) is 169 Å². The Hall–Kier alpha value is -2.50. The Morgan fingerprint density at radius 1 is 1.56 bits per heavy atom. The first kappa shape index (κ1) is 17.3. The maximum atomic E-state index is 14.5. The van der Waals surface area contributed by atoms with Gasteiger partial charge in [-0.3, -0.25) is 4.57 Å². The molecule has 0 unspecified atom stereocenters. The van der Waals surface area contributed by atoms with Crippen LogP contribution < -0.4 is 5.69 Å². The van der Waals surface area contributed by atoms with Gasteiger partial charge in [0.05, 0.1) is 6.61 Å². The number of nitrogens with zero attached hydrogens (tertiary/aromatic N) is 5. The molecule has 3 rings (SSSR count). The van der Waals surface area contributed by atoms with Crippen molar-refractivity contribution in [1.29, 1.82) is 0 Å². The van der Waals surface area contributed by atoms with Gasteiger partial charge in [0.15, 0.2) is 12.4 Å². The second kappa shape index (κ2) is 6.43. The number of aliphatic hydroxyl groups excluding tert-OH is 3.